The maximum Gasteiger partial charge on any atom is 0.142 e. The lowest BCUT2D eigenvalue weighted by atomic mass is 10.2. The second kappa shape index (κ2) is 7.09. The number of hydrogen-bond donors (Lipinski definition) is 2. The zero-order valence-electron chi connectivity index (χ0n) is 11.0. The van der Waals surface area contributed by atoms with E-state index in [-0.39, 0.29) is 6.04 Å². The van der Waals surface area contributed by atoms with Gasteiger partial charge in [-0.05, 0) is 30.3 Å². The molecule has 1 unspecified atom stereocenters. The molecule has 0 fully saturated rings. The summed E-state index contributed by atoms with van der Waals surface area (Å²) in [7, 11) is 1.59. The summed E-state index contributed by atoms with van der Waals surface area (Å²) in [6.45, 7) is 0.310. The van der Waals surface area contributed by atoms with Crippen molar-refractivity contribution >= 4 is 11.6 Å². The molecular formula is C14H16ClN3O2. The van der Waals surface area contributed by atoms with Crippen molar-refractivity contribution in [3.8, 4) is 11.5 Å². The molecule has 0 aliphatic carbocycles. The van der Waals surface area contributed by atoms with E-state index in [9.17, 15) is 0 Å². The van der Waals surface area contributed by atoms with E-state index in [2.05, 4.69) is 10.4 Å². The summed E-state index contributed by atoms with van der Waals surface area (Å²) in [6, 6.07) is 10.5. The maximum atomic E-state index is 5.91. The number of nitrogens with two attached hydrogens (primary N) is 1. The zero-order chi connectivity index (χ0) is 14.4. The first-order valence-electron chi connectivity index (χ1n) is 6.08. The number of nitrogens with zero attached hydrogens (tertiary/aromatic N) is 1. The summed E-state index contributed by atoms with van der Waals surface area (Å²) < 4.78 is 10.9. The molecule has 6 heteroatoms. The minimum absolute atomic E-state index is 0.287. The standard InChI is InChI=1S/C14H16ClN3O2/c1-19-13-6-3-7-17-14(13)12(18-16)9-20-11-5-2-4-10(15)8-11/h2-8,12,18H,9,16H2,1H3. The Bertz CT molecular complexity index is 566. The SMILES string of the molecule is COc1cccnc1C(COc1cccc(Cl)c1)NN. The van der Waals surface area contributed by atoms with Crippen LogP contribution in [0.1, 0.15) is 11.7 Å². The van der Waals surface area contributed by atoms with Crippen molar-refractivity contribution in [1.82, 2.24) is 10.4 Å². The number of hydrazine groups is 1. The van der Waals surface area contributed by atoms with E-state index in [1.54, 1.807) is 31.5 Å². The van der Waals surface area contributed by atoms with E-state index in [1.807, 2.05) is 18.2 Å². The van der Waals surface area contributed by atoms with Crippen LogP contribution in [0.25, 0.3) is 0 Å². The Kier molecular flexibility index (Phi) is 5.17. The molecule has 5 nitrogen and oxygen atoms in total. The van der Waals surface area contributed by atoms with Crippen LogP contribution in [0.15, 0.2) is 42.6 Å². The van der Waals surface area contributed by atoms with Crippen LogP contribution in [0.5, 0.6) is 11.5 Å². The number of halogens is 1. The first-order chi connectivity index (χ1) is 9.74. The minimum Gasteiger partial charge on any atom is -0.495 e. The van der Waals surface area contributed by atoms with Gasteiger partial charge in [0.15, 0.2) is 0 Å². The summed E-state index contributed by atoms with van der Waals surface area (Å²) >= 11 is 5.91. The fourth-order valence-corrected chi connectivity index (χ4v) is 1.96. The number of hydrogen-bond acceptors (Lipinski definition) is 5. The second-order valence-electron chi connectivity index (χ2n) is 4.08. The number of aromatic nitrogens is 1. The molecular weight excluding hydrogens is 278 g/mol. The predicted octanol–water partition coefficient (Wildman–Crippen LogP) is 2.33. The van der Waals surface area contributed by atoms with Gasteiger partial charge in [0.1, 0.15) is 29.8 Å². The van der Waals surface area contributed by atoms with Crippen LogP contribution in [0, 0.1) is 0 Å². The molecule has 1 aromatic heterocycles. The third-order valence-corrected chi connectivity index (χ3v) is 3.00. The largest absolute Gasteiger partial charge is 0.495 e. The molecule has 0 amide bonds. The highest BCUT2D eigenvalue weighted by molar-refractivity contribution is 6.30. The van der Waals surface area contributed by atoms with Gasteiger partial charge >= 0.3 is 0 Å². The molecule has 3 N–H and O–H groups in total. The van der Waals surface area contributed by atoms with Crippen molar-refractivity contribution in [3.05, 3.63) is 53.3 Å². The highest BCUT2D eigenvalue weighted by atomic mass is 35.5. The highest BCUT2D eigenvalue weighted by Crippen LogP contribution is 2.23. The summed E-state index contributed by atoms with van der Waals surface area (Å²) in [5.41, 5.74) is 3.37. The molecule has 0 saturated carbocycles. The lowest BCUT2D eigenvalue weighted by molar-refractivity contribution is 0.260. The van der Waals surface area contributed by atoms with Crippen molar-refractivity contribution in [2.75, 3.05) is 13.7 Å². The molecule has 0 bridgehead atoms. The van der Waals surface area contributed by atoms with E-state index < -0.39 is 0 Å². The smallest absolute Gasteiger partial charge is 0.142 e. The molecule has 0 radical (unpaired) electrons. The number of methoxy groups -OCH3 is 1. The lowest BCUT2D eigenvalue weighted by Crippen LogP contribution is -2.33. The molecule has 0 saturated heterocycles. The van der Waals surface area contributed by atoms with Gasteiger partial charge in [-0.1, -0.05) is 17.7 Å². The number of rotatable bonds is 6. The predicted molar refractivity (Wildman–Crippen MR) is 77.8 cm³/mol. The Balaban J connectivity index is 2.09. The van der Waals surface area contributed by atoms with Gasteiger partial charge in [0, 0.05) is 11.2 Å². The molecule has 1 atom stereocenters. The summed E-state index contributed by atoms with van der Waals surface area (Å²) in [5.74, 6) is 6.90. The first kappa shape index (κ1) is 14.6. The maximum absolute atomic E-state index is 5.91. The number of nitrogens with one attached hydrogen (secondary N) is 1. The van der Waals surface area contributed by atoms with E-state index in [4.69, 9.17) is 26.9 Å². The van der Waals surface area contributed by atoms with Gasteiger partial charge in [0.2, 0.25) is 0 Å². The van der Waals surface area contributed by atoms with Crippen LogP contribution in [-0.4, -0.2) is 18.7 Å². The van der Waals surface area contributed by atoms with E-state index in [1.165, 1.54) is 0 Å². The van der Waals surface area contributed by atoms with Gasteiger partial charge in [-0.2, -0.15) is 0 Å². The third kappa shape index (κ3) is 3.60. The fourth-order valence-electron chi connectivity index (χ4n) is 1.78. The molecule has 1 heterocycles. The van der Waals surface area contributed by atoms with Crippen LogP contribution in [0.4, 0.5) is 0 Å². The van der Waals surface area contributed by atoms with Crippen molar-refractivity contribution < 1.29 is 9.47 Å². The Morgan fingerprint density at radius 3 is 2.90 bits per heavy atom. The molecule has 0 aliphatic rings. The molecule has 106 valence electrons. The quantitative estimate of drug-likeness (QED) is 0.632. The van der Waals surface area contributed by atoms with Gasteiger partial charge < -0.3 is 9.47 Å². The van der Waals surface area contributed by atoms with Crippen LogP contribution in [0.2, 0.25) is 5.02 Å². The lowest BCUT2D eigenvalue weighted by Gasteiger charge is -2.18. The Morgan fingerprint density at radius 1 is 1.35 bits per heavy atom. The van der Waals surface area contributed by atoms with Gasteiger partial charge in [-0.3, -0.25) is 10.8 Å². The van der Waals surface area contributed by atoms with Crippen molar-refractivity contribution in [2.45, 2.75) is 6.04 Å². The molecule has 1 aromatic carbocycles. The molecule has 20 heavy (non-hydrogen) atoms. The highest BCUT2D eigenvalue weighted by Gasteiger charge is 2.17. The summed E-state index contributed by atoms with van der Waals surface area (Å²) in [4.78, 5) is 4.28. The zero-order valence-corrected chi connectivity index (χ0v) is 11.8. The van der Waals surface area contributed by atoms with Gasteiger partial charge in [-0.15, -0.1) is 0 Å². The third-order valence-electron chi connectivity index (χ3n) is 2.76. The number of pyridine rings is 1. The topological polar surface area (TPSA) is 69.4 Å². The van der Waals surface area contributed by atoms with Gasteiger partial charge in [0.05, 0.1) is 7.11 Å². The van der Waals surface area contributed by atoms with Crippen molar-refractivity contribution in [2.24, 2.45) is 5.84 Å². The Labute approximate surface area is 122 Å². The number of benzene rings is 1. The fraction of sp³-hybridized carbons (Fsp3) is 0.214. The minimum atomic E-state index is -0.287. The first-order valence-corrected chi connectivity index (χ1v) is 6.45. The van der Waals surface area contributed by atoms with Crippen LogP contribution >= 0.6 is 11.6 Å². The Morgan fingerprint density at radius 2 is 2.20 bits per heavy atom. The average Bonchev–Trinajstić information content (AvgIpc) is 2.48. The second-order valence-corrected chi connectivity index (χ2v) is 4.51. The molecule has 0 aliphatic heterocycles. The average molecular weight is 294 g/mol. The summed E-state index contributed by atoms with van der Waals surface area (Å²) in [6.07, 6.45) is 1.68. The monoisotopic (exact) mass is 293 g/mol. The molecule has 2 rings (SSSR count). The van der Waals surface area contributed by atoms with E-state index in [0.29, 0.717) is 28.8 Å². The molecule has 0 spiro atoms. The summed E-state index contributed by atoms with van der Waals surface area (Å²) in [5, 5.41) is 0.621. The normalized spacial score (nSPS) is 11.9. The van der Waals surface area contributed by atoms with E-state index >= 15 is 0 Å². The molecule has 2 aromatic rings. The Hall–Kier alpha value is -1.82. The van der Waals surface area contributed by atoms with E-state index in [0.717, 1.165) is 0 Å². The van der Waals surface area contributed by atoms with Gasteiger partial charge in [0.25, 0.3) is 0 Å². The van der Waals surface area contributed by atoms with Crippen LogP contribution < -0.4 is 20.7 Å². The van der Waals surface area contributed by atoms with Crippen molar-refractivity contribution in [1.29, 1.82) is 0 Å². The van der Waals surface area contributed by atoms with Crippen molar-refractivity contribution in [3.63, 3.8) is 0 Å². The number of ether oxygens (including phenoxy) is 2. The van der Waals surface area contributed by atoms with Gasteiger partial charge in [-0.25, -0.2) is 5.43 Å². The van der Waals surface area contributed by atoms with Crippen LogP contribution in [0.3, 0.4) is 0 Å². The van der Waals surface area contributed by atoms with Crippen LogP contribution in [-0.2, 0) is 0 Å².